The summed E-state index contributed by atoms with van der Waals surface area (Å²) < 4.78 is 2.72. The van der Waals surface area contributed by atoms with Crippen molar-refractivity contribution in [3.8, 4) is 0 Å². The second-order valence-corrected chi connectivity index (χ2v) is 7.43. The Morgan fingerprint density at radius 1 is 1.04 bits per heavy atom. The summed E-state index contributed by atoms with van der Waals surface area (Å²) in [6.45, 7) is 1.93. The van der Waals surface area contributed by atoms with Crippen LogP contribution in [-0.2, 0) is 16.6 Å². The Labute approximate surface area is 169 Å². The zero-order chi connectivity index (χ0) is 20.0. The maximum atomic E-state index is 13.1. The molecule has 28 heavy (non-hydrogen) atoms. The largest absolute Gasteiger partial charge is 0.347 e. The van der Waals surface area contributed by atoms with E-state index in [0.29, 0.717) is 5.69 Å². The Kier molecular flexibility index (Phi) is 4.39. The summed E-state index contributed by atoms with van der Waals surface area (Å²) in [4.78, 5) is 38.8. The Morgan fingerprint density at radius 3 is 2.54 bits per heavy atom. The van der Waals surface area contributed by atoms with Crippen molar-refractivity contribution in [2.24, 2.45) is 7.05 Å². The smallest absolute Gasteiger partial charge is 0.335 e. The van der Waals surface area contributed by atoms with Crippen LogP contribution in [-0.4, -0.2) is 22.4 Å². The average molecular weight is 438 g/mol. The Bertz CT molecular complexity index is 1190. The lowest BCUT2D eigenvalue weighted by Crippen LogP contribution is -2.54. The SMILES string of the molecule is Cc1c(/C=C2/C(=O)NC(=O)N(c3cccc(Br)c3)C2=O)c2ccccc2n1C. The number of hydrogen-bond acceptors (Lipinski definition) is 3. The Morgan fingerprint density at radius 2 is 1.79 bits per heavy atom. The van der Waals surface area contributed by atoms with Crippen molar-refractivity contribution in [1.29, 1.82) is 0 Å². The van der Waals surface area contributed by atoms with E-state index in [1.807, 2.05) is 42.8 Å². The number of hydrogen-bond donors (Lipinski definition) is 1. The number of halogens is 1. The van der Waals surface area contributed by atoms with Crippen LogP contribution in [0.2, 0.25) is 0 Å². The van der Waals surface area contributed by atoms with Gasteiger partial charge < -0.3 is 4.57 Å². The molecule has 0 aliphatic carbocycles. The lowest BCUT2D eigenvalue weighted by Gasteiger charge is -2.26. The number of nitrogens with zero attached hydrogens (tertiary/aromatic N) is 2. The number of urea groups is 1. The van der Waals surface area contributed by atoms with E-state index in [2.05, 4.69) is 21.2 Å². The summed E-state index contributed by atoms with van der Waals surface area (Å²) in [7, 11) is 1.93. The van der Waals surface area contributed by atoms with Crippen LogP contribution in [0.1, 0.15) is 11.3 Å². The van der Waals surface area contributed by atoms with Gasteiger partial charge in [-0.15, -0.1) is 0 Å². The molecule has 0 spiro atoms. The van der Waals surface area contributed by atoms with Crippen molar-refractivity contribution < 1.29 is 14.4 Å². The molecule has 3 aromatic rings. The number of nitrogens with one attached hydrogen (secondary N) is 1. The molecule has 7 heteroatoms. The molecule has 1 fully saturated rings. The molecule has 2 aromatic carbocycles. The second-order valence-electron chi connectivity index (χ2n) is 6.51. The number of barbiturate groups is 1. The molecular weight excluding hydrogens is 422 g/mol. The number of aryl methyl sites for hydroxylation is 1. The Balaban J connectivity index is 1.86. The first kappa shape index (κ1) is 18.2. The first-order chi connectivity index (χ1) is 13.4. The van der Waals surface area contributed by atoms with Crippen LogP contribution in [0.5, 0.6) is 0 Å². The fourth-order valence-electron chi connectivity index (χ4n) is 3.38. The third-order valence-electron chi connectivity index (χ3n) is 4.91. The highest BCUT2D eigenvalue weighted by Crippen LogP contribution is 2.29. The van der Waals surface area contributed by atoms with Crippen LogP contribution in [0.15, 0.2) is 58.6 Å². The molecule has 1 N–H and O–H groups in total. The predicted molar refractivity (Wildman–Crippen MR) is 111 cm³/mol. The van der Waals surface area contributed by atoms with E-state index in [-0.39, 0.29) is 5.57 Å². The lowest BCUT2D eigenvalue weighted by atomic mass is 10.0. The number of carbonyl (C=O) groups is 3. The van der Waals surface area contributed by atoms with Crippen LogP contribution in [0.3, 0.4) is 0 Å². The minimum Gasteiger partial charge on any atom is -0.347 e. The summed E-state index contributed by atoms with van der Waals surface area (Å²) in [6.07, 6.45) is 1.56. The van der Waals surface area contributed by atoms with Gasteiger partial charge in [0.25, 0.3) is 11.8 Å². The van der Waals surface area contributed by atoms with Crippen molar-refractivity contribution in [1.82, 2.24) is 9.88 Å². The summed E-state index contributed by atoms with van der Waals surface area (Å²) in [5, 5.41) is 3.19. The molecule has 1 aliphatic heterocycles. The van der Waals surface area contributed by atoms with Gasteiger partial charge in [0.05, 0.1) is 5.69 Å². The highest BCUT2D eigenvalue weighted by atomic mass is 79.9. The standard InChI is InChI=1S/C21H16BrN3O3/c1-12-16(15-8-3-4-9-18(15)24(12)2)11-17-19(26)23-21(28)25(20(17)27)14-7-5-6-13(22)10-14/h3-11H,1-2H3,(H,23,26,28)/b17-11-. The molecular formula is C21H16BrN3O3. The van der Waals surface area contributed by atoms with E-state index in [9.17, 15) is 14.4 Å². The van der Waals surface area contributed by atoms with Gasteiger partial charge in [-0.1, -0.05) is 40.2 Å². The number of carbonyl (C=O) groups excluding carboxylic acids is 3. The molecule has 4 amide bonds. The maximum Gasteiger partial charge on any atom is 0.335 e. The van der Waals surface area contributed by atoms with Crippen LogP contribution < -0.4 is 10.2 Å². The first-order valence-electron chi connectivity index (χ1n) is 8.59. The topological polar surface area (TPSA) is 71.4 Å². The number of amides is 4. The van der Waals surface area contributed by atoms with E-state index in [1.54, 1.807) is 30.3 Å². The number of anilines is 1. The molecule has 140 valence electrons. The molecule has 2 heterocycles. The highest BCUT2D eigenvalue weighted by Gasteiger charge is 2.37. The third-order valence-corrected chi connectivity index (χ3v) is 5.40. The van der Waals surface area contributed by atoms with Gasteiger partial charge in [-0.3, -0.25) is 14.9 Å². The van der Waals surface area contributed by atoms with E-state index < -0.39 is 17.8 Å². The van der Waals surface area contributed by atoms with Gasteiger partial charge in [0, 0.05) is 33.7 Å². The van der Waals surface area contributed by atoms with E-state index in [0.717, 1.165) is 31.5 Å². The van der Waals surface area contributed by atoms with Crippen LogP contribution in [0.4, 0.5) is 10.5 Å². The quantitative estimate of drug-likeness (QED) is 0.487. The highest BCUT2D eigenvalue weighted by molar-refractivity contribution is 9.10. The number of benzene rings is 2. The third kappa shape index (κ3) is 2.84. The second kappa shape index (κ2) is 6.76. The molecule has 1 saturated heterocycles. The van der Waals surface area contributed by atoms with Gasteiger partial charge in [0.2, 0.25) is 0 Å². The molecule has 0 saturated carbocycles. The molecule has 0 radical (unpaired) electrons. The van der Waals surface area contributed by atoms with Crippen molar-refractivity contribution in [3.63, 3.8) is 0 Å². The van der Waals surface area contributed by atoms with Gasteiger partial charge in [-0.2, -0.15) is 0 Å². The lowest BCUT2D eigenvalue weighted by molar-refractivity contribution is -0.122. The van der Waals surface area contributed by atoms with Crippen LogP contribution in [0, 0.1) is 6.92 Å². The van der Waals surface area contributed by atoms with E-state index in [4.69, 9.17) is 0 Å². The molecule has 1 aliphatic rings. The summed E-state index contributed by atoms with van der Waals surface area (Å²) >= 11 is 3.33. The molecule has 1 aromatic heterocycles. The molecule has 4 rings (SSSR count). The van der Waals surface area contributed by atoms with Gasteiger partial charge in [-0.25, -0.2) is 9.69 Å². The fraction of sp³-hybridized carbons (Fsp3) is 0.0952. The summed E-state index contributed by atoms with van der Waals surface area (Å²) in [6, 6.07) is 13.8. The minimum absolute atomic E-state index is 0.0842. The maximum absolute atomic E-state index is 13.1. The van der Waals surface area contributed by atoms with Crippen molar-refractivity contribution in [2.75, 3.05) is 4.90 Å². The number of aromatic nitrogens is 1. The number of para-hydroxylation sites is 1. The molecule has 0 atom stereocenters. The van der Waals surface area contributed by atoms with Gasteiger partial charge in [0.15, 0.2) is 0 Å². The number of imide groups is 2. The van der Waals surface area contributed by atoms with Crippen LogP contribution >= 0.6 is 15.9 Å². The fourth-order valence-corrected chi connectivity index (χ4v) is 3.77. The molecule has 6 nitrogen and oxygen atoms in total. The summed E-state index contributed by atoms with van der Waals surface area (Å²) in [5.41, 5.74) is 2.99. The zero-order valence-corrected chi connectivity index (χ0v) is 16.8. The van der Waals surface area contributed by atoms with E-state index >= 15 is 0 Å². The predicted octanol–water partition coefficient (Wildman–Crippen LogP) is 3.92. The van der Waals surface area contributed by atoms with Crippen LogP contribution in [0.25, 0.3) is 17.0 Å². The van der Waals surface area contributed by atoms with Gasteiger partial charge in [0.1, 0.15) is 5.57 Å². The number of fused-ring (bicyclic) bond motifs is 1. The van der Waals surface area contributed by atoms with Crippen molar-refractivity contribution in [2.45, 2.75) is 6.92 Å². The van der Waals surface area contributed by atoms with Crippen molar-refractivity contribution >= 4 is 56.4 Å². The minimum atomic E-state index is -0.764. The first-order valence-corrected chi connectivity index (χ1v) is 9.39. The molecule has 0 bridgehead atoms. The zero-order valence-electron chi connectivity index (χ0n) is 15.2. The van der Waals surface area contributed by atoms with Crippen molar-refractivity contribution in [3.05, 3.63) is 69.8 Å². The normalized spacial score (nSPS) is 16.2. The molecule has 0 unspecified atom stereocenters. The Hall–Kier alpha value is -3.19. The summed E-state index contributed by atoms with van der Waals surface area (Å²) in [5.74, 6) is -1.35. The van der Waals surface area contributed by atoms with Gasteiger partial charge in [-0.05, 0) is 37.3 Å². The average Bonchev–Trinajstić information content (AvgIpc) is 2.90. The van der Waals surface area contributed by atoms with E-state index in [1.165, 1.54) is 0 Å². The number of rotatable bonds is 2. The monoisotopic (exact) mass is 437 g/mol. The van der Waals surface area contributed by atoms with Gasteiger partial charge >= 0.3 is 6.03 Å².